The number of benzene rings is 2. The van der Waals surface area contributed by atoms with Crippen LogP contribution in [0, 0.1) is 0 Å². The molecule has 1 saturated heterocycles. The van der Waals surface area contributed by atoms with E-state index in [1.807, 2.05) is 48.5 Å². The first kappa shape index (κ1) is 23.4. The number of hydrogen-bond acceptors (Lipinski definition) is 4. The second-order valence-corrected chi connectivity index (χ2v) is 9.27. The van der Waals surface area contributed by atoms with Crippen molar-refractivity contribution in [2.24, 2.45) is 0 Å². The lowest BCUT2D eigenvalue weighted by Gasteiger charge is -2.33. The maximum absolute atomic E-state index is 13.1. The van der Waals surface area contributed by atoms with Crippen LogP contribution in [0.5, 0.6) is 0 Å². The molecule has 1 unspecified atom stereocenters. The Labute approximate surface area is 213 Å². The third-order valence-corrected chi connectivity index (χ3v) is 6.88. The first-order valence-electron chi connectivity index (χ1n) is 11.5. The van der Waals surface area contributed by atoms with Crippen LogP contribution in [0.2, 0.25) is 10.0 Å². The maximum atomic E-state index is 13.1. The van der Waals surface area contributed by atoms with E-state index in [4.69, 9.17) is 32.9 Å². The molecule has 35 heavy (non-hydrogen) atoms. The van der Waals surface area contributed by atoms with Crippen LogP contribution < -0.4 is 0 Å². The minimum atomic E-state index is -0.337. The van der Waals surface area contributed by atoms with Gasteiger partial charge in [-0.05, 0) is 49.1 Å². The van der Waals surface area contributed by atoms with Crippen LogP contribution in [0.3, 0.4) is 0 Å². The highest BCUT2D eigenvalue weighted by Gasteiger charge is 2.32. The monoisotopic (exact) mass is 506 g/mol. The molecule has 1 fully saturated rings. The second-order valence-electron chi connectivity index (χ2n) is 8.46. The zero-order chi connectivity index (χ0) is 24.2. The van der Waals surface area contributed by atoms with Gasteiger partial charge in [-0.1, -0.05) is 59.6 Å². The summed E-state index contributed by atoms with van der Waals surface area (Å²) < 4.78 is 5.66. The summed E-state index contributed by atoms with van der Waals surface area (Å²) in [5, 5.41) is 0.939. The number of likely N-dealkylation sites (tertiary alicyclic amines) is 1. The van der Waals surface area contributed by atoms with Crippen LogP contribution in [-0.2, 0) is 11.3 Å². The molecule has 1 aliphatic heterocycles. The summed E-state index contributed by atoms with van der Waals surface area (Å²) in [7, 11) is 0. The molecule has 0 saturated carbocycles. The lowest BCUT2D eigenvalue weighted by Crippen LogP contribution is -2.39. The van der Waals surface area contributed by atoms with Crippen molar-refractivity contribution in [1.82, 2.24) is 19.9 Å². The smallest absolute Gasteiger partial charge is 0.410 e. The van der Waals surface area contributed by atoms with Gasteiger partial charge in [-0.2, -0.15) is 0 Å². The summed E-state index contributed by atoms with van der Waals surface area (Å²) in [6, 6.07) is 18.8. The number of aromatic amines is 1. The molecular formula is C27H24Cl2N4O2. The van der Waals surface area contributed by atoms with Gasteiger partial charge in [0.15, 0.2) is 0 Å². The Bertz CT molecular complexity index is 1310. The maximum Gasteiger partial charge on any atom is 0.410 e. The molecule has 5 rings (SSSR count). The van der Waals surface area contributed by atoms with E-state index in [9.17, 15) is 4.79 Å². The van der Waals surface area contributed by atoms with Gasteiger partial charge in [0, 0.05) is 30.1 Å². The summed E-state index contributed by atoms with van der Waals surface area (Å²) in [4.78, 5) is 27.5. The van der Waals surface area contributed by atoms with Gasteiger partial charge in [-0.15, -0.1) is 0 Å². The summed E-state index contributed by atoms with van der Waals surface area (Å²) in [5.41, 5.74) is 4.31. The minimum absolute atomic E-state index is 0.218. The number of aromatic nitrogens is 3. The average Bonchev–Trinajstić information content (AvgIpc) is 3.35. The summed E-state index contributed by atoms with van der Waals surface area (Å²) in [6.45, 7) is 0.851. The summed E-state index contributed by atoms with van der Waals surface area (Å²) in [6.07, 6.45) is 5.86. The molecule has 178 valence electrons. The van der Waals surface area contributed by atoms with Gasteiger partial charge >= 0.3 is 6.09 Å². The number of ether oxygens (including phenoxy) is 1. The molecule has 0 bridgehead atoms. The van der Waals surface area contributed by atoms with Crippen LogP contribution in [0.1, 0.15) is 36.7 Å². The number of nitrogens with zero attached hydrogens (tertiary/aromatic N) is 3. The third kappa shape index (κ3) is 5.19. The van der Waals surface area contributed by atoms with Crippen molar-refractivity contribution in [3.8, 4) is 22.5 Å². The molecule has 0 aliphatic carbocycles. The number of carbonyl (C=O) groups excluding carboxylic acids is 1. The lowest BCUT2D eigenvalue weighted by atomic mass is 10.0. The highest BCUT2D eigenvalue weighted by atomic mass is 35.5. The average molecular weight is 507 g/mol. The van der Waals surface area contributed by atoms with Crippen molar-refractivity contribution < 1.29 is 9.53 Å². The molecule has 2 aromatic heterocycles. The predicted molar refractivity (Wildman–Crippen MR) is 137 cm³/mol. The van der Waals surface area contributed by atoms with Crippen LogP contribution >= 0.6 is 23.2 Å². The second kappa shape index (κ2) is 10.5. The number of imidazole rings is 1. The SMILES string of the molecule is O=C(OCc1ccccc1)N1CCCCC1c1nc(-c2ccc(Cl)c(Cl)c2)c(-c2ccncc2)[nH]1. The molecule has 0 spiro atoms. The summed E-state index contributed by atoms with van der Waals surface area (Å²) in [5.74, 6) is 0.717. The number of carbonyl (C=O) groups is 1. The number of rotatable bonds is 5. The fourth-order valence-electron chi connectivity index (χ4n) is 4.37. The van der Waals surface area contributed by atoms with E-state index in [-0.39, 0.29) is 18.7 Å². The van der Waals surface area contributed by atoms with Crippen molar-refractivity contribution in [2.45, 2.75) is 31.9 Å². The predicted octanol–water partition coefficient (Wildman–Crippen LogP) is 7.31. The Kier molecular flexibility index (Phi) is 7.02. The fourth-order valence-corrected chi connectivity index (χ4v) is 4.66. The van der Waals surface area contributed by atoms with Crippen molar-refractivity contribution >= 4 is 29.3 Å². The van der Waals surface area contributed by atoms with Gasteiger partial charge in [0.1, 0.15) is 12.4 Å². The number of amides is 1. The number of nitrogens with one attached hydrogen (secondary N) is 1. The Morgan fingerprint density at radius 2 is 1.80 bits per heavy atom. The van der Waals surface area contributed by atoms with E-state index < -0.39 is 0 Å². The molecule has 0 radical (unpaired) electrons. The summed E-state index contributed by atoms with van der Waals surface area (Å²) >= 11 is 12.5. The standard InChI is InChI=1S/C27H24Cl2N4O2/c28-21-10-9-20(16-22(21)29)25-24(19-11-13-30-14-12-19)31-26(32-25)23-8-4-5-15-33(23)27(34)35-17-18-6-2-1-3-7-18/h1-3,6-7,9-14,16,23H,4-5,8,15,17H2,(H,31,32). The molecule has 6 nitrogen and oxygen atoms in total. The van der Waals surface area contributed by atoms with Gasteiger partial charge in [0.25, 0.3) is 0 Å². The van der Waals surface area contributed by atoms with Crippen molar-refractivity contribution in [2.75, 3.05) is 6.54 Å². The molecule has 1 amide bonds. The van der Waals surface area contributed by atoms with E-state index in [0.717, 1.165) is 47.3 Å². The van der Waals surface area contributed by atoms with Gasteiger partial charge < -0.3 is 9.72 Å². The Morgan fingerprint density at radius 3 is 2.57 bits per heavy atom. The van der Waals surface area contributed by atoms with Gasteiger partial charge in [-0.25, -0.2) is 9.78 Å². The largest absolute Gasteiger partial charge is 0.445 e. The normalized spacial score (nSPS) is 15.7. The minimum Gasteiger partial charge on any atom is -0.445 e. The van der Waals surface area contributed by atoms with E-state index in [1.165, 1.54) is 0 Å². The fraction of sp³-hybridized carbons (Fsp3) is 0.222. The highest BCUT2D eigenvalue weighted by molar-refractivity contribution is 6.42. The number of piperidine rings is 1. The van der Waals surface area contributed by atoms with Crippen LogP contribution in [-0.4, -0.2) is 32.5 Å². The van der Waals surface area contributed by atoms with Crippen LogP contribution in [0.15, 0.2) is 73.1 Å². The van der Waals surface area contributed by atoms with Gasteiger partial charge in [0.2, 0.25) is 0 Å². The highest BCUT2D eigenvalue weighted by Crippen LogP contribution is 2.37. The Balaban J connectivity index is 1.48. The van der Waals surface area contributed by atoms with E-state index >= 15 is 0 Å². The Morgan fingerprint density at radius 1 is 1.00 bits per heavy atom. The van der Waals surface area contributed by atoms with E-state index in [2.05, 4.69) is 9.97 Å². The van der Waals surface area contributed by atoms with E-state index in [1.54, 1.807) is 29.4 Å². The first-order valence-corrected chi connectivity index (χ1v) is 12.3. The molecule has 4 aromatic rings. The molecular weight excluding hydrogens is 483 g/mol. The molecule has 1 atom stereocenters. The van der Waals surface area contributed by atoms with E-state index in [0.29, 0.717) is 22.4 Å². The quantitative estimate of drug-likeness (QED) is 0.308. The number of halogens is 2. The first-order chi connectivity index (χ1) is 17.1. The van der Waals surface area contributed by atoms with Crippen molar-refractivity contribution in [3.63, 3.8) is 0 Å². The van der Waals surface area contributed by atoms with Crippen molar-refractivity contribution in [1.29, 1.82) is 0 Å². The number of pyridine rings is 1. The number of hydrogen-bond donors (Lipinski definition) is 1. The third-order valence-electron chi connectivity index (χ3n) is 6.14. The zero-order valence-electron chi connectivity index (χ0n) is 19.0. The number of H-pyrrole nitrogens is 1. The zero-order valence-corrected chi connectivity index (χ0v) is 20.5. The molecule has 8 heteroatoms. The topological polar surface area (TPSA) is 71.1 Å². The van der Waals surface area contributed by atoms with Crippen molar-refractivity contribution in [3.05, 3.63) is 94.5 Å². The molecule has 3 heterocycles. The van der Waals surface area contributed by atoms with Crippen LogP contribution in [0.4, 0.5) is 4.79 Å². The Hall–Kier alpha value is -3.35. The lowest BCUT2D eigenvalue weighted by molar-refractivity contribution is 0.0660. The molecule has 2 aromatic carbocycles. The van der Waals surface area contributed by atoms with Gasteiger partial charge in [-0.3, -0.25) is 9.88 Å². The van der Waals surface area contributed by atoms with Crippen LogP contribution in [0.25, 0.3) is 22.5 Å². The molecule has 1 aliphatic rings. The van der Waals surface area contributed by atoms with Gasteiger partial charge in [0.05, 0.1) is 27.5 Å². The molecule has 1 N–H and O–H groups in total.